The number of amides is 2. The van der Waals surface area contributed by atoms with Crippen LogP contribution in [0, 0.1) is 0 Å². The van der Waals surface area contributed by atoms with Crippen molar-refractivity contribution in [3.05, 3.63) is 0 Å². The predicted octanol–water partition coefficient (Wildman–Crippen LogP) is -1.11. The Morgan fingerprint density at radius 1 is 1.56 bits per heavy atom. The first-order chi connectivity index (χ1) is 7.42. The minimum absolute atomic E-state index is 0.174. The second-order valence-corrected chi connectivity index (χ2v) is 3.79. The van der Waals surface area contributed by atoms with Crippen LogP contribution in [0.3, 0.4) is 0 Å². The molecule has 0 aliphatic heterocycles. The SMILES string of the molecule is CC(O)(CNC(=O)Nc1nnns1)C(=O)O. The molecule has 0 fully saturated rings. The minimum Gasteiger partial charge on any atom is -0.479 e. The van der Waals surface area contributed by atoms with E-state index in [9.17, 15) is 14.7 Å². The van der Waals surface area contributed by atoms with E-state index >= 15 is 0 Å². The molecule has 2 amide bonds. The Hall–Kier alpha value is -1.81. The highest BCUT2D eigenvalue weighted by molar-refractivity contribution is 7.09. The van der Waals surface area contributed by atoms with Gasteiger partial charge in [0.2, 0.25) is 5.13 Å². The number of carbonyl (C=O) groups is 2. The lowest BCUT2D eigenvalue weighted by Gasteiger charge is -2.17. The van der Waals surface area contributed by atoms with Gasteiger partial charge in [-0.1, -0.05) is 9.59 Å². The zero-order valence-corrected chi connectivity index (χ0v) is 8.98. The molecule has 0 aromatic carbocycles. The van der Waals surface area contributed by atoms with Crippen LogP contribution in [0.25, 0.3) is 0 Å². The molecule has 0 bridgehead atoms. The van der Waals surface area contributed by atoms with Crippen molar-refractivity contribution in [1.82, 2.24) is 20.1 Å². The van der Waals surface area contributed by atoms with Gasteiger partial charge in [-0.3, -0.25) is 5.32 Å². The van der Waals surface area contributed by atoms with E-state index in [1.807, 2.05) is 0 Å². The third-order valence-corrected chi connectivity index (χ3v) is 2.09. The summed E-state index contributed by atoms with van der Waals surface area (Å²) in [5.74, 6) is -1.43. The number of nitrogens with one attached hydrogen (secondary N) is 2. The Bertz CT molecular complexity index is 378. The van der Waals surface area contributed by atoms with Crippen LogP contribution < -0.4 is 10.6 Å². The number of carboxylic acids is 1. The van der Waals surface area contributed by atoms with Gasteiger partial charge in [0.15, 0.2) is 5.60 Å². The molecule has 1 aromatic heterocycles. The molecule has 9 nitrogen and oxygen atoms in total. The molecule has 1 heterocycles. The number of carbonyl (C=O) groups excluding carboxylic acids is 1. The smallest absolute Gasteiger partial charge is 0.337 e. The van der Waals surface area contributed by atoms with Crippen LogP contribution in [0.1, 0.15) is 6.92 Å². The third kappa shape index (κ3) is 3.40. The molecule has 0 saturated heterocycles. The van der Waals surface area contributed by atoms with Crippen molar-refractivity contribution in [3.8, 4) is 0 Å². The van der Waals surface area contributed by atoms with Crippen LogP contribution in [0.4, 0.5) is 9.93 Å². The molecular formula is C6H9N5O4S. The number of nitrogens with zero attached hydrogens (tertiary/aromatic N) is 3. The number of rotatable bonds is 4. The average molecular weight is 247 g/mol. The van der Waals surface area contributed by atoms with E-state index in [4.69, 9.17) is 5.11 Å². The van der Waals surface area contributed by atoms with Crippen molar-refractivity contribution >= 4 is 28.7 Å². The summed E-state index contributed by atoms with van der Waals surface area (Å²) in [5, 5.41) is 29.1. The van der Waals surface area contributed by atoms with Gasteiger partial charge in [0.1, 0.15) is 0 Å². The summed E-state index contributed by atoms with van der Waals surface area (Å²) >= 11 is 0.868. The summed E-state index contributed by atoms with van der Waals surface area (Å²) in [6.07, 6.45) is 0. The lowest BCUT2D eigenvalue weighted by molar-refractivity contribution is -0.155. The molecular weight excluding hydrogens is 238 g/mol. The van der Waals surface area contributed by atoms with E-state index in [-0.39, 0.29) is 5.13 Å². The molecule has 1 rings (SSSR count). The zero-order chi connectivity index (χ0) is 12.2. The van der Waals surface area contributed by atoms with E-state index in [0.29, 0.717) is 0 Å². The molecule has 1 unspecified atom stereocenters. The Labute approximate surface area is 93.6 Å². The molecule has 0 saturated carbocycles. The van der Waals surface area contributed by atoms with Crippen molar-refractivity contribution < 1.29 is 19.8 Å². The van der Waals surface area contributed by atoms with Gasteiger partial charge in [-0.15, -0.1) is 0 Å². The Morgan fingerprint density at radius 2 is 2.25 bits per heavy atom. The number of hydrogen-bond donors (Lipinski definition) is 4. The number of carboxylic acid groups (broad SMARTS) is 1. The summed E-state index contributed by atoms with van der Waals surface area (Å²) in [6, 6.07) is -0.694. The highest BCUT2D eigenvalue weighted by Crippen LogP contribution is 2.04. The fraction of sp³-hybridized carbons (Fsp3) is 0.500. The molecule has 0 aliphatic rings. The Morgan fingerprint density at radius 3 is 2.75 bits per heavy atom. The topological polar surface area (TPSA) is 137 Å². The number of urea groups is 1. The minimum atomic E-state index is -2.02. The summed E-state index contributed by atoms with van der Waals surface area (Å²) in [7, 11) is 0. The van der Waals surface area contributed by atoms with Crippen LogP contribution in [-0.4, -0.2) is 49.2 Å². The van der Waals surface area contributed by atoms with Crippen LogP contribution >= 0.6 is 11.5 Å². The molecule has 1 aromatic rings. The van der Waals surface area contributed by atoms with E-state index in [1.54, 1.807) is 0 Å². The van der Waals surface area contributed by atoms with Crippen molar-refractivity contribution in [1.29, 1.82) is 0 Å². The molecule has 0 radical (unpaired) electrons. The fourth-order valence-electron chi connectivity index (χ4n) is 0.651. The molecule has 0 aliphatic carbocycles. The predicted molar refractivity (Wildman–Crippen MR) is 53.0 cm³/mol. The van der Waals surface area contributed by atoms with E-state index in [0.717, 1.165) is 18.5 Å². The Balaban J connectivity index is 2.39. The monoisotopic (exact) mass is 247 g/mol. The lowest BCUT2D eigenvalue weighted by atomic mass is 10.1. The summed E-state index contributed by atoms with van der Waals surface area (Å²) in [5.41, 5.74) is -2.02. The van der Waals surface area contributed by atoms with Crippen LogP contribution in [0.15, 0.2) is 0 Å². The van der Waals surface area contributed by atoms with Crippen molar-refractivity contribution in [2.45, 2.75) is 12.5 Å². The number of anilines is 1. The first-order valence-corrected chi connectivity index (χ1v) is 4.85. The van der Waals surface area contributed by atoms with Crippen LogP contribution in [-0.2, 0) is 4.79 Å². The summed E-state index contributed by atoms with van der Waals surface area (Å²) in [4.78, 5) is 21.7. The number of aliphatic hydroxyl groups is 1. The first-order valence-electron chi connectivity index (χ1n) is 4.07. The largest absolute Gasteiger partial charge is 0.479 e. The number of hydrogen-bond acceptors (Lipinski definition) is 7. The summed E-state index contributed by atoms with van der Waals surface area (Å²) < 4.78 is 3.41. The molecule has 1 atom stereocenters. The lowest BCUT2D eigenvalue weighted by Crippen LogP contribution is -2.47. The van der Waals surface area contributed by atoms with Gasteiger partial charge in [-0.2, -0.15) is 0 Å². The number of aromatic nitrogens is 3. The summed E-state index contributed by atoms with van der Waals surface area (Å²) in [6.45, 7) is 0.641. The fourth-order valence-corrected chi connectivity index (χ4v) is 1.01. The second kappa shape index (κ2) is 4.81. The molecule has 10 heteroatoms. The zero-order valence-electron chi connectivity index (χ0n) is 8.17. The normalized spacial score (nSPS) is 13.9. The van der Waals surface area contributed by atoms with Gasteiger partial charge in [-0.05, 0) is 12.1 Å². The van der Waals surface area contributed by atoms with Crippen LogP contribution in [0.5, 0.6) is 0 Å². The Kier molecular flexibility index (Phi) is 3.68. The van der Waals surface area contributed by atoms with Gasteiger partial charge in [0, 0.05) is 11.5 Å². The van der Waals surface area contributed by atoms with Gasteiger partial charge in [0.25, 0.3) is 0 Å². The maximum atomic E-state index is 11.2. The first kappa shape index (κ1) is 12.3. The molecule has 88 valence electrons. The third-order valence-electron chi connectivity index (χ3n) is 1.57. The molecule has 16 heavy (non-hydrogen) atoms. The van der Waals surface area contributed by atoms with Crippen molar-refractivity contribution in [2.75, 3.05) is 11.9 Å². The van der Waals surface area contributed by atoms with Crippen molar-refractivity contribution in [2.24, 2.45) is 0 Å². The van der Waals surface area contributed by atoms with Crippen molar-refractivity contribution in [3.63, 3.8) is 0 Å². The highest BCUT2D eigenvalue weighted by atomic mass is 32.1. The average Bonchev–Trinajstić information content (AvgIpc) is 2.67. The van der Waals surface area contributed by atoms with Crippen LogP contribution in [0.2, 0.25) is 0 Å². The van der Waals surface area contributed by atoms with Gasteiger partial charge in [0.05, 0.1) is 6.54 Å². The maximum Gasteiger partial charge on any atom is 0.337 e. The van der Waals surface area contributed by atoms with Gasteiger partial charge < -0.3 is 15.5 Å². The van der Waals surface area contributed by atoms with E-state index < -0.39 is 24.1 Å². The molecule has 0 spiro atoms. The quantitative estimate of drug-likeness (QED) is 0.529. The van der Waals surface area contributed by atoms with E-state index in [2.05, 4.69) is 25.4 Å². The highest BCUT2D eigenvalue weighted by Gasteiger charge is 2.30. The standard InChI is InChI=1S/C6H9N5O4S/c1-6(15,3(12)13)2-7-4(14)8-5-9-10-11-16-5/h15H,2H2,1H3,(H,12,13)(H2,7,8,9,11,14). The van der Waals surface area contributed by atoms with E-state index in [1.165, 1.54) is 0 Å². The number of aliphatic carboxylic acids is 1. The van der Waals surface area contributed by atoms with Gasteiger partial charge in [-0.25, -0.2) is 9.59 Å². The maximum absolute atomic E-state index is 11.2. The van der Waals surface area contributed by atoms with Gasteiger partial charge >= 0.3 is 12.0 Å². The second-order valence-electron chi connectivity index (χ2n) is 3.05. The molecule has 4 N–H and O–H groups in total.